The highest BCUT2D eigenvalue weighted by atomic mass is 19.1. The van der Waals surface area contributed by atoms with Gasteiger partial charge < -0.3 is 0 Å². The Balaban J connectivity index is 4.31. The van der Waals surface area contributed by atoms with E-state index in [1.54, 1.807) is 19.1 Å². The Morgan fingerprint density at radius 3 is 2.64 bits per heavy atom. The molecule has 0 unspecified atom stereocenters. The van der Waals surface area contributed by atoms with Gasteiger partial charge in [-0.15, -0.1) is 0 Å². The summed E-state index contributed by atoms with van der Waals surface area (Å²) in [5.41, 5.74) is 0.382. The average Bonchev–Trinajstić information content (AvgIpc) is 2.05. The van der Waals surface area contributed by atoms with E-state index in [1.165, 1.54) is 12.2 Å². The van der Waals surface area contributed by atoms with Crippen LogP contribution in [-0.2, 0) is 4.79 Å². The van der Waals surface area contributed by atoms with E-state index in [1.807, 2.05) is 0 Å². The van der Waals surface area contributed by atoms with Gasteiger partial charge in [-0.2, -0.15) is 0 Å². The van der Waals surface area contributed by atoms with Gasteiger partial charge in [-0.05, 0) is 6.92 Å². The lowest BCUT2D eigenvalue weighted by atomic mass is 10.1. The SMILES string of the molecule is C=C/C=C\C(=C/C)C(=O)CF. The molecule has 0 saturated carbocycles. The molecule has 0 aromatic carbocycles. The average molecular weight is 154 g/mol. The molecule has 0 N–H and O–H groups in total. The largest absolute Gasteiger partial charge is 0.291 e. The summed E-state index contributed by atoms with van der Waals surface area (Å²) in [6.45, 7) is 4.18. The number of alkyl halides is 1. The van der Waals surface area contributed by atoms with Gasteiger partial charge in [-0.1, -0.05) is 30.9 Å². The van der Waals surface area contributed by atoms with Crippen LogP contribution in [0.4, 0.5) is 4.39 Å². The van der Waals surface area contributed by atoms with Crippen LogP contribution in [0.3, 0.4) is 0 Å². The molecule has 0 heterocycles. The maximum Gasteiger partial charge on any atom is 0.193 e. The zero-order valence-corrected chi connectivity index (χ0v) is 6.51. The highest BCUT2D eigenvalue weighted by Gasteiger charge is 2.02. The standard InChI is InChI=1S/C9H11FO/c1-3-5-6-8(4-2)9(11)7-10/h3-6H,1,7H2,2H3/b6-5-,8-4+. The molecule has 0 aromatic heterocycles. The van der Waals surface area contributed by atoms with E-state index in [-0.39, 0.29) is 0 Å². The molecule has 0 aliphatic heterocycles. The van der Waals surface area contributed by atoms with Gasteiger partial charge in [0.25, 0.3) is 0 Å². The number of allylic oxidation sites excluding steroid dienone is 5. The fraction of sp³-hybridized carbons (Fsp3) is 0.222. The minimum Gasteiger partial charge on any atom is -0.291 e. The third-order valence-corrected chi connectivity index (χ3v) is 1.17. The van der Waals surface area contributed by atoms with Crippen molar-refractivity contribution in [3.63, 3.8) is 0 Å². The van der Waals surface area contributed by atoms with Gasteiger partial charge in [0.1, 0.15) is 0 Å². The maximum absolute atomic E-state index is 11.8. The van der Waals surface area contributed by atoms with Crippen LogP contribution >= 0.6 is 0 Å². The summed E-state index contributed by atoms with van der Waals surface area (Å²) in [4.78, 5) is 10.7. The van der Waals surface area contributed by atoms with Crippen LogP contribution in [0.25, 0.3) is 0 Å². The Kier molecular flexibility index (Phi) is 4.99. The molecule has 0 amide bonds. The van der Waals surface area contributed by atoms with Gasteiger partial charge in [0, 0.05) is 5.57 Å². The first-order valence-electron chi connectivity index (χ1n) is 3.30. The van der Waals surface area contributed by atoms with Crippen molar-refractivity contribution in [1.29, 1.82) is 0 Å². The maximum atomic E-state index is 11.8. The molecule has 2 heteroatoms. The molecular formula is C9H11FO. The van der Waals surface area contributed by atoms with Crippen molar-refractivity contribution in [2.24, 2.45) is 0 Å². The molecule has 0 aliphatic carbocycles. The lowest BCUT2D eigenvalue weighted by Crippen LogP contribution is -2.01. The lowest BCUT2D eigenvalue weighted by Gasteiger charge is -1.92. The van der Waals surface area contributed by atoms with E-state index in [0.717, 1.165) is 0 Å². The number of carbonyl (C=O) groups is 1. The van der Waals surface area contributed by atoms with E-state index in [0.29, 0.717) is 5.57 Å². The lowest BCUT2D eigenvalue weighted by molar-refractivity contribution is -0.116. The zero-order valence-electron chi connectivity index (χ0n) is 6.51. The van der Waals surface area contributed by atoms with Gasteiger partial charge in [-0.25, -0.2) is 4.39 Å². The number of hydrogen-bond donors (Lipinski definition) is 0. The highest BCUT2D eigenvalue weighted by molar-refractivity contribution is 5.98. The van der Waals surface area contributed by atoms with Gasteiger partial charge >= 0.3 is 0 Å². The van der Waals surface area contributed by atoms with Gasteiger partial charge in [-0.3, -0.25) is 4.79 Å². The van der Waals surface area contributed by atoms with Crippen LogP contribution in [0.15, 0.2) is 36.5 Å². The van der Waals surface area contributed by atoms with Crippen molar-refractivity contribution in [2.75, 3.05) is 6.67 Å². The Hall–Kier alpha value is -1.18. The minimum absolute atomic E-state index is 0.382. The first-order valence-corrected chi connectivity index (χ1v) is 3.30. The molecule has 0 rings (SSSR count). The summed E-state index contributed by atoms with van der Waals surface area (Å²) >= 11 is 0. The molecule has 11 heavy (non-hydrogen) atoms. The smallest absolute Gasteiger partial charge is 0.193 e. The molecule has 0 aromatic rings. The first-order chi connectivity index (χ1) is 5.26. The van der Waals surface area contributed by atoms with Gasteiger partial charge in [0.05, 0.1) is 0 Å². The predicted octanol–water partition coefficient (Wildman–Crippen LogP) is 2.21. The molecule has 0 atom stereocenters. The van der Waals surface area contributed by atoms with Crippen LogP contribution < -0.4 is 0 Å². The Bertz CT molecular complexity index is 202. The third kappa shape index (κ3) is 3.50. The van der Waals surface area contributed by atoms with Crippen molar-refractivity contribution >= 4 is 5.78 Å². The summed E-state index contributed by atoms with van der Waals surface area (Å²) in [5, 5.41) is 0. The fourth-order valence-electron chi connectivity index (χ4n) is 0.599. The minimum atomic E-state index is -0.943. The van der Waals surface area contributed by atoms with Crippen LogP contribution in [0.2, 0.25) is 0 Å². The number of ketones is 1. The molecule has 60 valence electrons. The summed E-state index contributed by atoms with van der Waals surface area (Å²) in [6.07, 6.45) is 6.24. The number of hydrogen-bond acceptors (Lipinski definition) is 1. The van der Waals surface area contributed by atoms with E-state index in [4.69, 9.17) is 0 Å². The topological polar surface area (TPSA) is 17.1 Å². The van der Waals surface area contributed by atoms with Crippen molar-refractivity contribution in [1.82, 2.24) is 0 Å². The first kappa shape index (κ1) is 9.82. The van der Waals surface area contributed by atoms with Crippen LogP contribution in [-0.4, -0.2) is 12.5 Å². The van der Waals surface area contributed by atoms with E-state index in [2.05, 4.69) is 6.58 Å². The summed E-state index contributed by atoms with van der Waals surface area (Å²) in [5.74, 6) is -0.495. The second-order valence-corrected chi connectivity index (χ2v) is 1.90. The monoisotopic (exact) mass is 154 g/mol. The van der Waals surface area contributed by atoms with Crippen LogP contribution in [0.5, 0.6) is 0 Å². The molecule has 0 fully saturated rings. The molecule has 0 radical (unpaired) electrons. The molecule has 0 bridgehead atoms. The molecule has 0 spiro atoms. The van der Waals surface area contributed by atoms with Gasteiger partial charge in [0.2, 0.25) is 0 Å². The molecule has 0 saturated heterocycles. The van der Waals surface area contributed by atoms with E-state index < -0.39 is 12.5 Å². The molecule has 1 nitrogen and oxygen atoms in total. The second kappa shape index (κ2) is 5.59. The molecule has 0 aliphatic rings. The van der Waals surface area contributed by atoms with E-state index >= 15 is 0 Å². The van der Waals surface area contributed by atoms with Crippen molar-refractivity contribution in [3.05, 3.63) is 36.5 Å². The zero-order chi connectivity index (χ0) is 8.69. The summed E-state index contributed by atoms with van der Waals surface area (Å²) < 4.78 is 11.8. The Morgan fingerprint density at radius 2 is 2.27 bits per heavy atom. The number of carbonyl (C=O) groups excluding carboxylic acids is 1. The van der Waals surface area contributed by atoms with Crippen molar-refractivity contribution in [3.8, 4) is 0 Å². The highest BCUT2D eigenvalue weighted by Crippen LogP contribution is 1.99. The number of halogens is 1. The Morgan fingerprint density at radius 1 is 1.64 bits per heavy atom. The van der Waals surface area contributed by atoms with Crippen molar-refractivity contribution < 1.29 is 9.18 Å². The quantitative estimate of drug-likeness (QED) is 0.448. The van der Waals surface area contributed by atoms with Gasteiger partial charge in [0.15, 0.2) is 12.5 Å². The van der Waals surface area contributed by atoms with Crippen LogP contribution in [0.1, 0.15) is 6.92 Å². The normalized spacial score (nSPS) is 12.0. The van der Waals surface area contributed by atoms with Crippen LogP contribution in [0, 0.1) is 0 Å². The van der Waals surface area contributed by atoms with Crippen molar-refractivity contribution in [2.45, 2.75) is 6.92 Å². The third-order valence-electron chi connectivity index (χ3n) is 1.17. The Labute approximate surface area is 65.9 Å². The predicted molar refractivity (Wildman–Crippen MR) is 44.1 cm³/mol. The second-order valence-electron chi connectivity index (χ2n) is 1.90. The summed E-state index contributed by atoms with van der Waals surface area (Å²) in [6, 6.07) is 0. The van der Waals surface area contributed by atoms with E-state index in [9.17, 15) is 9.18 Å². The molecular weight excluding hydrogens is 143 g/mol. The fourth-order valence-corrected chi connectivity index (χ4v) is 0.599. The number of Topliss-reactive ketones (excluding diaryl/α,β-unsaturated/α-hetero) is 1. The number of rotatable bonds is 4. The summed E-state index contributed by atoms with van der Waals surface area (Å²) in [7, 11) is 0.